The molecular formula is C26H23Cl2N7O6. The summed E-state index contributed by atoms with van der Waals surface area (Å²) >= 11 is 12.5. The third-order valence-corrected chi connectivity index (χ3v) is 7.37. The number of esters is 1. The second-order valence-corrected chi connectivity index (χ2v) is 9.97. The monoisotopic (exact) mass is 599 g/mol. The molecular weight excluding hydrogens is 577 g/mol. The molecule has 1 aromatic carbocycles. The van der Waals surface area contributed by atoms with Gasteiger partial charge in [-0.3, -0.25) is 18.7 Å². The number of anilines is 2. The molecule has 0 atom stereocenters. The number of methoxy groups -OCH3 is 1. The first-order valence-corrected chi connectivity index (χ1v) is 12.9. The zero-order valence-corrected chi connectivity index (χ0v) is 23.5. The van der Waals surface area contributed by atoms with E-state index in [1.807, 2.05) is 0 Å². The number of carboxylic acid groups (broad SMARTS) is 1. The van der Waals surface area contributed by atoms with E-state index in [1.165, 1.54) is 23.3 Å². The Balaban J connectivity index is 1.56. The van der Waals surface area contributed by atoms with Gasteiger partial charge in [-0.05, 0) is 30.3 Å². The summed E-state index contributed by atoms with van der Waals surface area (Å²) in [6.45, 7) is -0.324. The second kappa shape index (κ2) is 10.7. The Bertz CT molecular complexity index is 1990. The fourth-order valence-corrected chi connectivity index (χ4v) is 5.04. The standard InChI is InChI=1S/C26H23Cl2N7O6/c1-32-21-22(31-24(32)30-19-9-7-16(28)17(29-19)8-10-20(36)41-3)33(2)25(38)34(23(21)37)12-13-11-14-15(27)5-4-6-18(14)35(13)26(39)40/h4-7,9,11H,8,10,12H2,1-3H3,(H,39,40)(H,29,30,31). The lowest BCUT2D eigenvalue weighted by Gasteiger charge is -2.10. The van der Waals surface area contributed by atoms with Crippen LogP contribution in [0.5, 0.6) is 0 Å². The number of nitrogens with zero attached hydrogens (tertiary/aromatic N) is 6. The van der Waals surface area contributed by atoms with E-state index >= 15 is 0 Å². The van der Waals surface area contributed by atoms with Gasteiger partial charge in [0.1, 0.15) is 5.82 Å². The number of ether oxygens (including phenoxy) is 1. The molecule has 0 saturated carbocycles. The number of benzene rings is 1. The molecule has 15 heteroatoms. The first kappa shape index (κ1) is 27.9. The van der Waals surface area contributed by atoms with E-state index in [4.69, 9.17) is 23.2 Å². The second-order valence-electron chi connectivity index (χ2n) is 9.15. The van der Waals surface area contributed by atoms with Crippen molar-refractivity contribution in [2.24, 2.45) is 14.1 Å². The van der Waals surface area contributed by atoms with Crippen LogP contribution >= 0.6 is 23.2 Å². The smallest absolute Gasteiger partial charge is 0.416 e. The number of fused-ring (bicyclic) bond motifs is 2. The molecule has 0 bridgehead atoms. The van der Waals surface area contributed by atoms with Crippen LogP contribution in [0.3, 0.4) is 0 Å². The Morgan fingerprint density at radius 2 is 1.80 bits per heavy atom. The molecule has 41 heavy (non-hydrogen) atoms. The molecule has 0 unspecified atom stereocenters. The molecule has 5 rings (SSSR count). The fraction of sp³-hybridized carbons (Fsp3) is 0.231. The summed E-state index contributed by atoms with van der Waals surface area (Å²) in [6.07, 6.45) is -0.939. The topological polar surface area (TPSA) is 155 Å². The summed E-state index contributed by atoms with van der Waals surface area (Å²) in [6, 6.07) is 9.60. The Labute approximate surface area is 241 Å². The summed E-state index contributed by atoms with van der Waals surface area (Å²) in [5.74, 6) is 0.159. The molecule has 0 saturated heterocycles. The first-order chi connectivity index (χ1) is 19.5. The van der Waals surface area contributed by atoms with Gasteiger partial charge in [-0.1, -0.05) is 29.3 Å². The normalized spacial score (nSPS) is 11.3. The summed E-state index contributed by atoms with van der Waals surface area (Å²) in [4.78, 5) is 59.5. The highest BCUT2D eigenvalue weighted by Gasteiger charge is 2.22. The molecule has 0 aliphatic heterocycles. The van der Waals surface area contributed by atoms with Crippen molar-refractivity contribution in [3.63, 3.8) is 0 Å². The summed E-state index contributed by atoms with van der Waals surface area (Å²) < 4.78 is 9.30. The van der Waals surface area contributed by atoms with Crippen molar-refractivity contribution in [3.8, 4) is 0 Å². The molecule has 0 spiro atoms. The van der Waals surface area contributed by atoms with Crippen molar-refractivity contribution in [1.82, 2.24) is 28.2 Å². The largest absolute Gasteiger partial charge is 0.469 e. The van der Waals surface area contributed by atoms with Crippen LogP contribution in [-0.4, -0.2) is 52.5 Å². The van der Waals surface area contributed by atoms with Gasteiger partial charge in [-0.15, -0.1) is 0 Å². The van der Waals surface area contributed by atoms with Gasteiger partial charge >= 0.3 is 17.8 Å². The first-order valence-electron chi connectivity index (χ1n) is 12.2. The van der Waals surface area contributed by atoms with Crippen molar-refractivity contribution < 1.29 is 19.4 Å². The van der Waals surface area contributed by atoms with Crippen LogP contribution in [-0.2, 0) is 36.6 Å². The highest BCUT2D eigenvalue weighted by molar-refractivity contribution is 6.35. The number of imidazole rings is 1. The van der Waals surface area contributed by atoms with Crippen molar-refractivity contribution in [3.05, 3.63) is 78.7 Å². The van der Waals surface area contributed by atoms with Crippen LogP contribution in [0.4, 0.5) is 16.6 Å². The Kier molecular flexibility index (Phi) is 7.32. The van der Waals surface area contributed by atoms with Crippen LogP contribution in [0.25, 0.3) is 22.1 Å². The Morgan fingerprint density at radius 1 is 1.05 bits per heavy atom. The number of pyridine rings is 1. The van der Waals surface area contributed by atoms with Crippen LogP contribution < -0.4 is 16.6 Å². The molecule has 0 aliphatic carbocycles. The van der Waals surface area contributed by atoms with Crippen LogP contribution in [0.15, 0.2) is 46.0 Å². The molecule has 0 aliphatic rings. The van der Waals surface area contributed by atoms with Crippen LogP contribution in [0, 0.1) is 0 Å². The molecule has 13 nitrogen and oxygen atoms in total. The van der Waals surface area contributed by atoms with Gasteiger partial charge in [-0.25, -0.2) is 19.1 Å². The summed E-state index contributed by atoms with van der Waals surface area (Å²) in [7, 11) is 4.35. The molecule has 0 fully saturated rings. The highest BCUT2D eigenvalue weighted by Crippen LogP contribution is 2.27. The Hall–Kier alpha value is -4.62. The van der Waals surface area contributed by atoms with E-state index in [1.54, 1.807) is 43.4 Å². The van der Waals surface area contributed by atoms with Gasteiger partial charge in [0.05, 0.1) is 42.0 Å². The predicted molar refractivity (Wildman–Crippen MR) is 153 cm³/mol. The van der Waals surface area contributed by atoms with Crippen molar-refractivity contribution >= 4 is 69.1 Å². The van der Waals surface area contributed by atoms with Crippen molar-refractivity contribution in [1.29, 1.82) is 0 Å². The van der Waals surface area contributed by atoms with Gasteiger partial charge < -0.3 is 19.7 Å². The van der Waals surface area contributed by atoms with Gasteiger partial charge in [-0.2, -0.15) is 4.98 Å². The minimum absolute atomic E-state index is 0.0909. The molecule has 2 N–H and O–H groups in total. The summed E-state index contributed by atoms with van der Waals surface area (Å²) in [5, 5.41) is 14.1. The number of carbonyl (C=O) groups excluding carboxylic acids is 1. The minimum Gasteiger partial charge on any atom is -0.469 e. The summed E-state index contributed by atoms with van der Waals surface area (Å²) in [5.41, 5.74) is -0.153. The highest BCUT2D eigenvalue weighted by atomic mass is 35.5. The maximum atomic E-state index is 13.6. The zero-order valence-electron chi connectivity index (χ0n) is 22.0. The van der Waals surface area contributed by atoms with Crippen LogP contribution in [0.1, 0.15) is 17.8 Å². The molecule has 0 amide bonds. The van der Waals surface area contributed by atoms with E-state index in [-0.39, 0.29) is 42.2 Å². The number of nitrogens with one attached hydrogen (secondary N) is 1. The maximum absolute atomic E-state index is 13.6. The molecule has 4 heterocycles. The third-order valence-electron chi connectivity index (χ3n) is 6.69. The van der Waals surface area contributed by atoms with E-state index in [2.05, 4.69) is 20.0 Å². The SMILES string of the molecule is COC(=O)CCc1nc(Nc2nc3c(c(=O)n(Cc4cc5c(Cl)cccc5n4C(=O)O)c(=O)n3C)n2C)ccc1Cl. The molecule has 0 radical (unpaired) electrons. The van der Waals surface area contributed by atoms with Gasteiger partial charge in [0.25, 0.3) is 5.56 Å². The van der Waals surface area contributed by atoms with Crippen molar-refractivity contribution in [2.75, 3.05) is 12.4 Å². The number of halogens is 2. The van der Waals surface area contributed by atoms with E-state index in [0.717, 1.165) is 9.13 Å². The van der Waals surface area contributed by atoms with E-state index < -0.39 is 23.3 Å². The predicted octanol–water partition coefficient (Wildman–Crippen LogP) is 3.51. The lowest BCUT2D eigenvalue weighted by molar-refractivity contribution is -0.140. The Morgan fingerprint density at radius 3 is 2.51 bits per heavy atom. The number of carbonyl (C=O) groups is 2. The lowest BCUT2D eigenvalue weighted by Crippen LogP contribution is -2.40. The number of aromatic nitrogens is 6. The average Bonchev–Trinajstić information content (AvgIpc) is 3.48. The third kappa shape index (κ3) is 4.93. The van der Waals surface area contributed by atoms with Gasteiger partial charge in [0, 0.05) is 30.9 Å². The zero-order chi connectivity index (χ0) is 29.6. The quantitative estimate of drug-likeness (QED) is 0.267. The number of aryl methyl sites for hydroxylation is 3. The van der Waals surface area contributed by atoms with Crippen LogP contribution in [0.2, 0.25) is 10.0 Å². The van der Waals surface area contributed by atoms with Crippen molar-refractivity contribution in [2.45, 2.75) is 19.4 Å². The van der Waals surface area contributed by atoms with Gasteiger partial charge in [0.2, 0.25) is 5.95 Å². The average molecular weight is 600 g/mol. The lowest BCUT2D eigenvalue weighted by atomic mass is 10.2. The van der Waals surface area contributed by atoms with Gasteiger partial charge in [0.15, 0.2) is 11.2 Å². The fourth-order valence-electron chi connectivity index (χ4n) is 4.61. The number of hydrogen-bond donors (Lipinski definition) is 2. The molecule has 212 valence electrons. The van der Waals surface area contributed by atoms with E-state index in [9.17, 15) is 24.3 Å². The minimum atomic E-state index is -1.28. The number of hydrogen-bond acceptors (Lipinski definition) is 8. The molecule has 5 aromatic rings. The molecule has 4 aromatic heterocycles. The maximum Gasteiger partial charge on any atom is 0.416 e. The van der Waals surface area contributed by atoms with E-state index in [0.29, 0.717) is 32.5 Å². The number of rotatable bonds is 7.